The fraction of sp³-hybridized carbons (Fsp3) is 0.111. The predicted molar refractivity (Wildman–Crippen MR) is 86.3 cm³/mol. The van der Waals surface area contributed by atoms with Crippen LogP contribution in [0.1, 0.15) is 21.7 Å². The molecule has 1 N–H and O–H groups in total. The van der Waals surface area contributed by atoms with E-state index >= 15 is 0 Å². The molecule has 3 aromatic rings. The highest BCUT2D eigenvalue weighted by Gasteiger charge is 2.14. The van der Waals surface area contributed by atoms with E-state index in [1.807, 2.05) is 19.9 Å². The third kappa shape index (κ3) is 2.99. The van der Waals surface area contributed by atoms with Gasteiger partial charge < -0.3 is 9.73 Å². The Morgan fingerprint density at radius 3 is 2.48 bits per heavy atom. The monoisotopic (exact) mass is 311 g/mol. The summed E-state index contributed by atoms with van der Waals surface area (Å²) >= 11 is 0. The first kappa shape index (κ1) is 15.0. The van der Waals surface area contributed by atoms with Crippen LogP contribution in [0.25, 0.3) is 11.0 Å². The Morgan fingerprint density at radius 1 is 1.09 bits per heavy atom. The molecule has 116 valence electrons. The van der Waals surface area contributed by atoms with Crippen molar-refractivity contribution in [2.75, 3.05) is 5.32 Å². The van der Waals surface area contributed by atoms with Crippen molar-refractivity contribution < 1.29 is 13.6 Å². The number of anilines is 1. The lowest BCUT2D eigenvalue weighted by molar-refractivity contribution is 0.0997. The summed E-state index contributed by atoms with van der Waals surface area (Å²) in [5.41, 5.74) is 2.27. The molecule has 0 saturated carbocycles. The number of carbonyl (C=O) groups excluding carboxylic acids is 1. The van der Waals surface area contributed by atoms with Crippen LogP contribution in [0.2, 0.25) is 0 Å². The van der Waals surface area contributed by atoms with Crippen molar-refractivity contribution in [1.82, 2.24) is 0 Å². The quantitative estimate of drug-likeness (QED) is 0.783. The molecule has 0 atom stereocenters. The minimum absolute atomic E-state index is 0.0845. The molecule has 0 aliphatic carbocycles. The van der Waals surface area contributed by atoms with Crippen molar-refractivity contribution >= 4 is 22.6 Å². The molecule has 0 radical (unpaired) electrons. The Balaban J connectivity index is 2.01. The van der Waals surface area contributed by atoms with Crippen LogP contribution >= 0.6 is 0 Å². The zero-order chi connectivity index (χ0) is 16.6. The van der Waals surface area contributed by atoms with Crippen LogP contribution in [-0.2, 0) is 0 Å². The molecule has 4 nitrogen and oxygen atoms in total. The summed E-state index contributed by atoms with van der Waals surface area (Å²) in [7, 11) is 0. The van der Waals surface area contributed by atoms with Crippen LogP contribution in [0, 0.1) is 19.7 Å². The van der Waals surface area contributed by atoms with Gasteiger partial charge in [-0.05, 0) is 55.3 Å². The molecule has 1 aromatic heterocycles. The highest BCUT2D eigenvalue weighted by atomic mass is 19.1. The lowest BCUT2D eigenvalue weighted by Gasteiger charge is -2.07. The molecule has 1 heterocycles. The number of amides is 1. The number of nitrogens with one attached hydrogen (secondary N) is 1. The van der Waals surface area contributed by atoms with Crippen LogP contribution in [0.3, 0.4) is 0 Å². The van der Waals surface area contributed by atoms with Crippen molar-refractivity contribution in [2.24, 2.45) is 0 Å². The Hall–Kier alpha value is -2.95. The van der Waals surface area contributed by atoms with Crippen molar-refractivity contribution in [2.45, 2.75) is 13.8 Å². The minimum Gasteiger partial charge on any atom is -0.450 e. The van der Waals surface area contributed by atoms with Gasteiger partial charge in [-0.3, -0.25) is 9.59 Å². The predicted octanol–water partition coefficient (Wildman–Crippen LogP) is 3.80. The third-order valence-corrected chi connectivity index (χ3v) is 3.48. The third-order valence-electron chi connectivity index (χ3n) is 3.48. The summed E-state index contributed by atoms with van der Waals surface area (Å²) in [6, 6.07) is 10.1. The summed E-state index contributed by atoms with van der Waals surface area (Å²) < 4.78 is 18.5. The molecule has 5 heteroatoms. The molecule has 2 aromatic carbocycles. The SMILES string of the molecule is Cc1cc(C)c2oc(C(=O)Nc3ccc(F)cc3)cc(=O)c2c1. The minimum atomic E-state index is -0.560. The van der Waals surface area contributed by atoms with E-state index < -0.39 is 11.7 Å². The zero-order valence-electron chi connectivity index (χ0n) is 12.6. The Morgan fingerprint density at radius 2 is 1.78 bits per heavy atom. The first-order valence-corrected chi connectivity index (χ1v) is 7.06. The van der Waals surface area contributed by atoms with Gasteiger partial charge in [-0.1, -0.05) is 6.07 Å². The number of carbonyl (C=O) groups is 1. The molecule has 0 fully saturated rings. The molecule has 0 spiro atoms. The van der Waals surface area contributed by atoms with E-state index in [0.717, 1.165) is 11.1 Å². The number of halogens is 1. The highest BCUT2D eigenvalue weighted by molar-refractivity contribution is 6.03. The van der Waals surface area contributed by atoms with E-state index in [1.165, 1.54) is 30.3 Å². The van der Waals surface area contributed by atoms with E-state index in [9.17, 15) is 14.0 Å². The highest BCUT2D eigenvalue weighted by Crippen LogP contribution is 2.20. The molecule has 0 bridgehead atoms. The lowest BCUT2D eigenvalue weighted by Crippen LogP contribution is -2.15. The van der Waals surface area contributed by atoms with E-state index in [2.05, 4.69) is 5.32 Å². The van der Waals surface area contributed by atoms with Crippen LogP contribution in [0.15, 0.2) is 51.7 Å². The first-order valence-electron chi connectivity index (χ1n) is 7.06. The first-order chi connectivity index (χ1) is 10.9. The van der Waals surface area contributed by atoms with Crippen molar-refractivity contribution in [3.8, 4) is 0 Å². The van der Waals surface area contributed by atoms with Gasteiger partial charge in [-0.25, -0.2) is 4.39 Å². The van der Waals surface area contributed by atoms with Gasteiger partial charge in [0, 0.05) is 11.8 Å². The normalized spacial score (nSPS) is 10.7. The number of benzene rings is 2. The van der Waals surface area contributed by atoms with Gasteiger partial charge in [0.1, 0.15) is 11.4 Å². The maximum Gasteiger partial charge on any atom is 0.291 e. The summed E-state index contributed by atoms with van der Waals surface area (Å²) in [6.07, 6.45) is 0. The molecule has 23 heavy (non-hydrogen) atoms. The fourth-order valence-corrected chi connectivity index (χ4v) is 2.45. The molecule has 3 rings (SSSR count). The van der Waals surface area contributed by atoms with Gasteiger partial charge in [0.2, 0.25) is 0 Å². The number of hydrogen-bond donors (Lipinski definition) is 1. The van der Waals surface area contributed by atoms with Gasteiger partial charge in [-0.2, -0.15) is 0 Å². The number of rotatable bonds is 2. The van der Waals surface area contributed by atoms with Gasteiger partial charge in [0.05, 0.1) is 5.39 Å². The zero-order valence-corrected chi connectivity index (χ0v) is 12.6. The average Bonchev–Trinajstić information content (AvgIpc) is 2.50. The van der Waals surface area contributed by atoms with Crippen molar-refractivity contribution in [3.63, 3.8) is 0 Å². The van der Waals surface area contributed by atoms with Crippen LogP contribution in [0.4, 0.5) is 10.1 Å². The van der Waals surface area contributed by atoms with Crippen LogP contribution < -0.4 is 10.7 Å². The maximum absolute atomic E-state index is 12.9. The molecule has 0 aliphatic rings. The van der Waals surface area contributed by atoms with E-state index in [1.54, 1.807) is 6.07 Å². The van der Waals surface area contributed by atoms with Crippen LogP contribution in [-0.4, -0.2) is 5.91 Å². The number of hydrogen-bond acceptors (Lipinski definition) is 3. The van der Waals surface area contributed by atoms with Gasteiger partial charge >= 0.3 is 0 Å². The van der Waals surface area contributed by atoms with Gasteiger partial charge in [-0.15, -0.1) is 0 Å². The topological polar surface area (TPSA) is 59.3 Å². The van der Waals surface area contributed by atoms with Gasteiger partial charge in [0.25, 0.3) is 5.91 Å². The summed E-state index contributed by atoms with van der Waals surface area (Å²) in [6.45, 7) is 3.71. The lowest BCUT2D eigenvalue weighted by atomic mass is 10.1. The second kappa shape index (κ2) is 5.68. The van der Waals surface area contributed by atoms with Crippen LogP contribution in [0.5, 0.6) is 0 Å². The van der Waals surface area contributed by atoms with E-state index in [4.69, 9.17) is 4.42 Å². The second-order valence-electron chi connectivity index (χ2n) is 5.39. The standard InChI is InChI=1S/C18H14FNO3/c1-10-7-11(2)17-14(8-10)15(21)9-16(23-17)18(22)20-13-5-3-12(19)4-6-13/h3-9H,1-2H3,(H,20,22). The van der Waals surface area contributed by atoms with E-state index in [-0.39, 0.29) is 11.2 Å². The van der Waals surface area contributed by atoms with Gasteiger partial charge in [0.15, 0.2) is 11.2 Å². The Labute approximate surface area is 131 Å². The Bertz CT molecular complexity index is 958. The number of aryl methyl sites for hydroxylation is 2. The largest absolute Gasteiger partial charge is 0.450 e. The summed E-state index contributed by atoms with van der Waals surface area (Å²) in [4.78, 5) is 24.5. The molecular weight excluding hydrogens is 297 g/mol. The Kier molecular flexibility index (Phi) is 3.70. The number of fused-ring (bicyclic) bond motifs is 1. The molecule has 1 amide bonds. The molecule has 0 saturated heterocycles. The van der Waals surface area contributed by atoms with Crippen molar-refractivity contribution in [1.29, 1.82) is 0 Å². The van der Waals surface area contributed by atoms with E-state index in [0.29, 0.717) is 16.7 Å². The molecular formula is C18H14FNO3. The average molecular weight is 311 g/mol. The fourth-order valence-electron chi connectivity index (χ4n) is 2.45. The molecule has 0 aliphatic heterocycles. The molecule has 0 unspecified atom stereocenters. The summed E-state index contributed by atoms with van der Waals surface area (Å²) in [5.74, 6) is -1.04. The smallest absolute Gasteiger partial charge is 0.291 e. The van der Waals surface area contributed by atoms with Crippen molar-refractivity contribution in [3.05, 3.63) is 75.4 Å². The summed E-state index contributed by atoms with van der Waals surface area (Å²) in [5, 5.41) is 3.02. The second-order valence-corrected chi connectivity index (χ2v) is 5.39. The maximum atomic E-state index is 12.9.